The third-order valence-corrected chi connectivity index (χ3v) is 4.54. The molecule has 27 heavy (non-hydrogen) atoms. The van der Waals surface area contributed by atoms with Crippen molar-refractivity contribution in [3.05, 3.63) is 71.0 Å². The van der Waals surface area contributed by atoms with Gasteiger partial charge >= 0.3 is 0 Å². The molecule has 0 atom stereocenters. The van der Waals surface area contributed by atoms with Crippen LogP contribution in [0.25, 0.3) is 21.9 Å². The van der Waals surface area contributed by atoms with E-state index in [1.165, 1.54) is 10.9 Å². The molecule has 7 heteroatoms. The number of benzene rings is 2. The van der Waals surface area contributed by atoms with Crippen molar-refractivity contribution in [2.45, 2.75) is 26.6 Å². The van der Waals surface area contributed by atoms with Gasteiger partial charge in [0, 0.05) is 6.54 Å². The molecule has 0 spiro atoms. The summed E-state index contributed by atoms with van der Waals surface area (Å²) >= 11 is 0. The Hall–Kier alpha value is -3.48. The molecule has 1 N–H and O–H groups in total. The number of carbonyl (C=O) groups is 1. The summed E-state index contributed by atoms with van der Waals surface area (Å²) in [6.07, 6.45) is 1.41. The fourth-order valence-electron chi connectivity index (χ4n) is 3.22. The van der Waals surface area contributed by atoms with Gasteiger partial charge in [-0.2, -0.15) is 0 Å². The number of hydrogen-bond donors (Lipinski definition) is 1. The number of aromatic nitrogens is 4. The minimum Gasteiger partial charge on any atom is -0.347 e. The first-order valence-corrected chi connectivity index (χ1v) is 8.82. The number of para-hydroxylation sites is 3. The second-order valence-corrected chi connectivity index (χ2v) is 6.23. The van der Waals surface area contributed by atoms with Crippen molar-refractivity contribution in [2.75, 3.05) is 0 Å². The van der Waals surface area contributed by atoms with Crippen LogP contribution in [0, 0.1) is 0 Å². The van der Waals surface area contributed by atoms with Crippen molar-refractivity contribution in [1.29, 1.82) is 0 Å². The summed E-state index contributed by atoms with van der Waals surface area (Å²) in [7, 11) is 0. The third kappa shape index (κ3) is 3.19. The molecule has 136 valence electrons. The van der Waals surface area contributed by atoms with E-state index in [0.717, 1.165) is 23.4 Å². The zero-order chi connectivity index (χ0) is 18.8. The van der Waals surface area contributed by atoms with Crippen LogP contribution in [0.2, 0.25) is 0 Å². The lowest BCUT2D eigenvalue weighted by molar-refractivity contribution is -0.121. The Balaban J connectivity index is 1.51. The number of carbonyl (C=O) groups excluding carboxylic acids is 1. The van der Waals surface area contributed by atoms with Gasteiger partial charge < -0.3 is 9.88 Å². The van der Waals surface area contributed by atoms with Gasteiger partial charge in [-0.15, -0.1) is 0 Å². The number of rotatable bonds is 5. The van der Waals surface area contributed by atoms with E-state index in [0.29, 0.717) is 17.4 Å². The SMILES string of the molecule is CCn1c(CNC(=O)Cn2cnc3ccccc3c2=O)nc2ccccc21. The van der Waals surface area contributed by atoms with Crippen LogP contribution < -0.4 is 10.9 Å². The number of imidazole rings is 1. The highest BCUT2D eigenvalue weighted by Gasteiger charge is 2.12. The molecular weight excluding hydrogens is 342 g/mol. The molecule has 0 aliphatic rings. The van der Waals surface area contributed by atoms with E-state index in [1.807, 2.05) is 37.3 Å². The highest BCUT2D eigenvalue weighted by atomic mass is 16.2. The molecule has 2 heterocycles. The van der Waals surface area contributed by atoms with Crippen molar-refractivity contribution in [3.8, 4) is 0 Å². The quantitative estimate of drug-likeness (QED) is 0.590. The maximum absolute atomic E-state index is 12.5. The van der Waals surface area contributed by atoms with Gasteiger partial charge in [-0.3, -0.25) is 14.2 Å². The summed E-state index contributed by atoms with van der Waals surface area (Å²) in [5.74, 6) is 0.528. The number of nitrogens with zero attached hydrogens (tertiary/aromatic N) is 4. The maximum atomic E-state index is 12.5. The van der Waals surface area contributed by atoms with Gasteiger partial charge in [-0.05, 0) is 31.2 Å². The monoisotopic (exact) mass is 361 g/mol. The zero-order valence-electron chi connectivity index (χ0n) is 14.9. The fourth-order valence-corrected chi connectivity index (χ4v) is 3.22. The second kappa shape index (κ2) is 7.03. The van der Waals surface area contributed by atoms with Gasteiger partial charge in [-0.1, -0.05) is 24.3 Å². The lowest BCUT2D eigenvalue weighted by Crippen LogP contribution is -2.32. The average molecular weight is 361 g/mol. The Bertz CT molecular complexity index is 1190. The van der Waals surface area contributed by atoms with Crippen LogP contribution in [0.5, 0.6) is 0 Å². The average Bonchev–Trinajstić information content (AvgIpc) is 3.06. The van der Waals surface area contributed by atoms with E-state index >= 15 is 0 Å². The predicted octanol–water partition coefficient (Wildman–Crippen LogP) is 2.08. The van der Waals surface area contributed by atoms with Crippen molar-refractivity contribution in [1.82, 2.24) is 24.4 Å². The summed E-state index contributed by atoms with van der Waals surface area (Å²) in [4.78, 5) is 33.7. The molecule has 0 fully saturated rings. The first-order chi connectivity index (χ1) is 13.2. The Labute approximate surface area is 155 Å². The molecule has 4 rings (SSSR count). The summed E-state index contributed by atoms with van der Waals surface area (Å²) in [6, 6.07) is 15.0. The van der Waals surface area contributed by atoms with Crippen LogP contribution in [0.1, 0.15) is 12.7 Å². The molecule has 0 saturated heterocycles. The predicted molar refractivity (Wildman–Crippen MR) is 103 cm³/mol. The van der Waals surface area contributed by atoms with Crippen molar-refractivity contribution >= 4 is 27.8 Å². The molecule has 0 saturated carbocycles. The maximum Gasteiger partial charge on any atom is 0.261 e. The van der Waals surface area contributed by atoms with Gasteiger partial charge in [0.25, 0.3) is 5.56 Å². The minimum absolute atomic E-state index is 0.0803. The topological polar surface area (TPSA) is 81.8 Å². The molecule has 0 bridgehead atoms. The van der Waals surface area contributed by atoms with Crippen LogP contribution in [-0.2, 0) is 24.4 Å². The molecule has 0 aliphatic carbocycles. The van der Waals surface area contributed by atoms with E-state index in [4.69, 9.17) is 0 Å². The molecule has 2 aromatic carbocycles. The third-order valence-electron chi connectivity index (χ3n) is 4.54. The molecule has 2 aromatic heterocycles. The Morgan fingerprint density at radius 3 is 2.63 bits per heavy atom. The largest absolute Gasteiger partial charge is 0.347 e. The Morgan fingerprint density at radius 2 is 1.81 bits per heavy atom. The Kier molecular flexibility index (Phi) is 4.42. The highest BCUT2D eigenvalue weighted by Crippen LogP contribution is 2.15. The summed E-state index contributed by atoms with van der Waals surface area (Å²) < 4.78 is 3.39. The second-order valence-electron chi connectivity index (χ2n) is 6.23. The van der Waals surface area contributed by atoms with E-state index < -0.39 is 0 Å². The van der Waals surface area contributed by atoms with E-state index in [2.05, 4.69) is 19.9 Å². The molecule has 0 aliphatic heterocycles. The van der Waals surface area contributed by atoms with Gasteiger partial charge in [0.05, 0.1) is 34.8 Å². The molecule has 4 aromatic rings. The number of fused-ring (bicyclic) bond motifs is 2. The van der Waals surface area contributed by atoms with Crippen molar-refractivity contribution in [3.63, 3.8) is 0 Å². The molecule has 7 nitrogen and oxygen atoms in total. The summed E-state index contributed by atoms with van der Waals surface area (Å²) in [5.41, 5.74) is 2.34. The van der Waals surface area contributed by atoms with Crippen LogP contribution in [-0.4, -0.2) is 25.0 Å². The first kappa shape index (κ1) is 17.0. The minimum atomic E-state index is -0.260. The van der Waals surface area contributed by atoms with Crippen LogP contribution >= 0.6 is 0 Å². The number of amides is 1. The standard InChI is InChI=1S/C20H19N5O2/c1-2-25-17-10-6-5-9-16(17)23-18(25)11-21-19(26)12-24-13-22-15-8-4-3-7-14(15)20(24)27/h3-10,13H,2,11-12H2,1H3,(H,21,26). The van der Waals surface area contributed by atoms with Gasteiger partial charge in [0.1, 0.15) is 12.4 Å². The van der Waals surface area contributed by atoms with Crippen molar-refractivity contribution in [2.24, 2.45) is 0 Å². The number of aryl methyl sites for hydroxylation is 1. The number of nitrogens with one attached hydrogen (secondary N) is 1. The van der Waals surface area contributed by atoms with Crippen LogP contribution in [0.3, 0.4) is 0 Å². The van der Waals surface area contributed by atoms with E-state index in [1.54, 1.807) is 18.2 Å². The normalized spacial score (nSPS) is 11.1. The van der Waals surface area contributed by atoms with Gasteiger partial charge in [-0.25, -0.2) is 9.97 Å². The molecule has 0 radical (unpaired) electrons. The smallest absolute Gasteiger partial charge is 0.261 e. The molecular formula is C20H19N5O2. The van der Waals surface area contributed by atoms with E-state index in [9.17, 15) is 9.59 Å². The van der Waals surface area contributed by atoms with Gasteiger partial charge in [0.15, 0.2) is 0 Å². The Morgan fingerprint density at radius 1 is 1.07 bits per heavy atom. The first-order valence-electron chi connectivity index (χ1n) is 8.82. The zero-order valence-corrected chi connectivity index (χ0v) is 14.9. The van der Waals surface area contributed by atoms with Crippen molar-refractivity contribution < 1.29 is 4.79 Å². The van der Waals surface area contributed by atoms with Crippen LogP contribution in [0.4, 0.5) is 0 Å². The molecule has 1 amide bonds. The lowest BCUT2D eigenvalue weighted by Gasteiger charge is -2.09. The molecule has 0 unspecified atom stereocenters. The number of hydrogen-bond acceptors (Lipinski definition) is 4. The highest BCUT2D eigenvalue weighted by molar-refractivity contribution is 5.79. The fraction of sp³-hybridized carbons (Fsp3) is 0.200. The van der Waals surface area contributed by atoms with Gasteiger partial charge in [0.2, 0.25) is 5.91 Å². The summed E-state index contributed by atoms with van der Waals surface area (Å²) in [6.45, 7) is 3.03. The van der Waals surface area contributed by atoms with Crippen LogP contribution in [0.15, 0.2) is 59.7 Å². The lowest BCUT2D eigenvalue weighted by atomic mass is 10.2. The van der Waals surface area contributed by atoms with E-state index in [-0.39, 0.29) is 18.0 Å². The summed E-state index contributed by atoms with van der Waals surface area (Å²) in [5, 5.41) is 3.35.